The second kappa shape index (κ2) is 8.14. The highest BCUT2D eigenvalue weighted by Crippen LogP contribution is 2.30. The highest BCUT2D eigenvalue weighted by Gasteiger charge is 2.30. The molecule has 0 radical (unpaired) electrons. The van der Waals surface area contributed by atoms with E-state index in [-0.39, 0.29) is 23.1 Å². The number of hydrogen-bond donors (Lipinski definition) is 2. The van der Waals surface area contributed by atoms with Crippen LogP contribution in [0.2, 0.25) is 0 Å². The van der Waals surface area contributed by atoms with Gasteiger partial charge in [-0.3, -0.25) is 10.0 Å². The monoisotopic (exact) mass is 346 g/mol. The molecule has 0 aliphatic heterocycles. The molecule has 1 aromatic carbocycles. The number of nitrogens with one attached hydrogen (secondary N) is 1. The minimum Gasteiger partial charge on any atom is -0.497 e. The molecule has 0 saturated carbocycles. The molecule has 1 aromatic rings. The van der Waals surface area contributed by atoms with Crippen molar-refractivity contribution < 1.29 is 27.9 Å². The number of amides is 1. The maximum atomic E-state index is 12.9. The fraction of sp³-hybridized carbons (Fsp3) is 0.500. The Hall–Kier alpha value is -1.84. The van der Waals surface area contributed by atoms with Gasteiger partial charge in [0.25, 0.3) is 5.91 Å². The molecule has 0 bridgehead atoms. The maximum Gasteiger partial charge on any atom is 0.258 e. The fourth-order valence-electron chi connectivity index (χ4n) is 1.98. The second-order valence-corrected chi connectivity index (χ2v) is 7.15. The standard InChI is InChI=1S/C14H22N2O6S/c1-10(2)8-16(9-14(17)15-18)23(19,20)13-7-11(21-3)5-6-12(13)22-4/h5-7,10,18H,8-9H2,1-4H3,(H,15,17). The number of benzene rings is 1. The van der Waals surface area contributed by atoms with Crippen LogP contribution in [0.15, 0.2) is 23.1 Å². The lowest BCUT2D eigenvalue weighted by atomic mass is 10.2. The van der Waals surface area contributed by atoms with E-state index in [1.54, 1.807) is 6.07 Å². The summed E-state index contributed by atoms with van der Waals surface area (Å²) in [6, 6.07) is 4.38. The third-order valence-electron chi connectivity index (χ3n) is 3.00. The van der Waals surface area contributed by atoms with Crippen LogP contribution < -0.4 is 15.0 Å². The zero-order valence-corrected chi connectivity index (χ0v) is 14.4. The van der Waals surface area contributed by atoms with Gasteiger partial charge in [-0.25, -0.2) is 13.9 Å². The van der Waals surface area contributed by atoms with E-state index in [0.717, 1.165) is 4.31 Å². The van der Waals surface area contributed by atoms with Crippen molar-refractivity contribution in [2.24, 2.45) is 5.92 Å². The highest BCUT2D eigenvalue weighted by atomic mass is 32.2. The van der Waals surface area contributed by atoms with Gasteiger partial charge >= 0.3 is 0 Å². The number of hydroxylamine groups is 1. The molecule has 1 rings (SSSR count). The second-order valence-electron chi connectivity index (χ2n) is 5.24. The van der Waals surface area contributed by atoms with Crippen LogP contribution in [-0.4, -0.2) is 51.1 Å². The van der Waals surface area contributed by atoms with Gasteiger partial charge < -0.3 is 9.47 Å². The summed E-state index contributed by atoms with van der Waals surface area (Å²) in [7, 11) is -1.25. The third kappa shape index (κ3) is 4.81. The van der Waals surface area contributed by atoms with E-state index in [2.05, 4.69) is 0 Å². The Morgan fingerprint density at radius 3 is 2.43 bits per heavy atom. The number of nitrogens with zero attached hydrogens (tertiary/aromatic N) is 1. The Labute approximate surface area is 136 Å². The van der Waals surface area contributed by atoms with E-state index in [1.807, 2.05) is 13.8 Å². The molecule has 0 aliphatic carbocycles. The van der Waals surface area contributed by atoms with Gasteiger partial charge in [-0.15, -0.1) is 0 Å². The number of rotatable bonds is 8. The third-order valence-corrected chi connectivity index (χ3v) is 4.83. The number of ether oxygens (including phenoxy) is 2. The Balaban J connectivity index is 3.35. The van der Waals surface area contributed by atoms with Crippen molar-refractivity contribution in [2.75, 3.05) is 27.3 Å². The minimum absolute atomic E-state index is 0.0205. The predicted molar refractivity (Wildman–Crippen MR) is 83.1 cm³/mol. The summed E-state index contributed by atoms with van der Waals surface area (Å²) in [6.45, 7) is 3.25. The van der Waals surface area contributed by atoms with Gasteiger partial charge in [0, 0.05) is 12.6 Å². The topological polar surface area (TPSA) is 105 Å². The average molecular weight is 346 g/mol. The first kappa shape index (κ1) is 19.2. The zero-order chi connectivity index (χ0) is 17.6. The van der Waals surface area contributed by atoms with Crippen LogP contribution in [0.25, 0.3) is 0 Å². The average Bonchev–Trinajstić information content (AvgIpc) is 2.52. The molecule has 130 valence electrons. The summed E-state index contributed by atoms with van der Waals surface area (Å²) in [5.41, 5.74) is 1.44. The molecule has 0 aliphatic rings. The van der Waals surface area contributed by atoms with Crippen molar-refractivity contribution in [1.82, 2.24) is 9.79 Å². The van der Waals surface area contributed by atoms with Crippen molar-refractivity contribution in [2.45, 2.75) is 18.7 Å². The maximum absolute atomic E-state index is 12.9. The Kier molecular flexibility index (Phi) is 6.79. The number of carbonyl (C=O) groups excluding carboxylic acids is 1. The Morgan fingerprint density at radius 1 is 1.30 bits per heavy atom. The van der Waals surface area contributed by atoms with Crippen LogP contribution in [0.5, 0.6) is 11.5 Å². The van der Waals surface area contributed by atoms with E-state index in [4.69, 9.17) is 14.7 Å². The fourth-order valence-corrected chi connectivity index (χ4v) is 3.71. The summed E-state index contributed by atoms with van der Waals surface area (Å²) in [6.07, 6.45) is 0. The van der Waals surface area contributed by atoms with Crippen LogP contribution in [0, 0.1) is 5.92 Å². The van der Waals surface area contributed by atoms with Gasteiger partial charge in [0.05, 0.1) is 20.8 Å². The van der Waals surface area contributed by atoms with Crippen LogP contribution in [0.3, 0.4) is 0 Å². The molecule has 0 aromatic heterocycles. The molecule has 1 amide bonds. The van der Waals surface area contributed by atoms with E-state index in [9.17, 15) is 13.2 Å². The normalized spacial score (nSPS) is 11.6. The van der Waals surface area contributed by atoms with Crippen LogP contribution in [0.4, 0.5) is 0 Å². The molecule has 0 atom stereocenters. The molecule has 0 unspecified atom stereocenters. The van der Waals surface area contributed by atoms with Crippen molar-refractivity contribution in [3.05, 3.63) is 18.2 Å². The molecule has 2 N–H and O–H groups in total. The zero-order valence-electron chi connectivity index (χ0n) is 13.6. The molecule has 8 nitrogen and oxygen atoms in total. The van der Waals surface area contributed by atoms with Crippen molar-refractivity contribution in [3.63, 3.8) is 0 Å². The Bertz CT molecular complexity index is 645. The van der Waals surface area contributed by atoms with Gasteiger partial charge in [0.15, 0.2) is 0 Å². The number of methoxy groups -OCH3 is 2. The van der Waals surface area contributed by atoms with E-state index in [0.29, 0.717) is 5.75 Å². The van der Waals surface area contributed by atoms with E-state index in [1.165, 1.54) is 31.8 Å². The van der Waals surface area contributed by atoms with Crippen molar-refractivity contribution >= 4 is 15.9 Å². The first-order valence-electron chi connectivity index (χ1n) is 6.91. The highest BCUT2D eigenvalue weighted by molar-refractivity contribution is 7.89. The molecule has 23 heavy (non-hydrogen) atoms. The molecule has 9 heteroatoms. The molecule has 0 saturated heterocycles. The van der Waals surface area contributed by atoms with Crippen molar-refractivity contribution in [3.8, 4) is 11.5 Å². The molecule has 0 fully saturated rings. The predicted octanol–water partition coefficient (Wildman–Crippen LogP) is 0.856. The van der Waals surface area contributed by atoms with Crippen LogP contribution >= 0.6 is 0 Å². The Morgan fingerprint density at radius 2 is 1.96 bits per heavy atom. The largest absolute Gasteiger partial charge is 0.497 e. The summed E-state index contributed by atoms with van der Waals surface area (Å²) < 4.78 is 36.9. The summed E-state index contributed by atoms with van der Waals surface area (Å²) in [4.78, 5) is 11.3. The first-order chi connectivity index (χ1) is 10.8. The lowest BCUT2D eigenvalue weighted by molar-refractivity contribution is -0.129. The van der Waals surface area contributed by atoms with Gasteiger partial charge in [-0.2, -0.15) is 4.31 Å². The van der Waals surface area contributed by atoms with E-state index >= 15 is 0 Å². The SMILES string of the molecule is COc1ccc(OC)c(S(=O)(=O)N(CC(=O)NO)CC(C)C)c1. The van der Waals surface area contributed by atoms with E-state index < -0.39 is 22.5 Å². The minimum atomic E-state index is -4.02. The summed E-state index contributed by atoms with van der Waals surface area (Å²) in [5.74, 6) is -0.353. The lowest BCUT2D eigenvalue weighted by Crippen LogP contribution is -2.41. The van der Waals surface area contributed by atoms with Gasteiger partial charge in [0.1, 0.15) is 16.4 Å². The van der Waals surface area contributed by atoms with Gasteiger partial charge in [-0.05, 0) is 18.1 Å². The molecular weight excluding hydrogens is 324 g/mol. The van der Waals surface area contributed by atoms with Crippen LogP contribution in [-0.2, 0) is 14.8 Å². The number of hydrogen-bond acceptors (Lipinski definition) is 6. The van der Waals surface area contributed by atoms with Gasteiger partial charge in [-0.1, -0.05) is 13.8 Å². The quantitative estimate of drug-likeness (QED) is 0.534. The van der Waals surface area contributed by atoms with Gasteiger partial charge in [0.2, 0.25) is 10.0 Å². The lowest BCUT2D eigenvalue weighted by Gasteiger charge is -2.24. The number of sulfonamides is 1. The summed E-state index contributed by atoms with van der Waals surface area (Å²) in [5, 5.41) is 8.67. The van der Waals surface area contributed by atoms with Crippen molar-refractivity contribution in [1.29, 1.82) is 0 Å². The van der Waals surface area contributed by atoms with Crippen LogP contribution in [0.1, 0.15) is 13.8 Å². The first-order valence-corrected chi connectivity index (χ1v) is 8.35. The molecule has 0 spiro atoms. The summed E-state index contributed by atoms with van der Waals surface area (Å²) >= 11 is 0. The smallest absolute Gasteiger partial charge is 0.258 e. The number of carbonyl (C=O) groups is 1. The molecular formula is C14H22N2O6S. The molecule has 0 heterocycles.